The summed E-state index contributed by atoms with van der Waals surface area (Å²) in [5.74, 6) is 0.845. The van der Waals surface area contributed by atoms with Crippen LogP contribution in [0.25, 0.3) is 0 Å². The standard InChI is InChI=1S/C10H18.2CH4/c1-4-5-6-7-8-9-10(2)3;;/h4-6,10H,1,7-9H2,2-3H3;2*1H4/b6-5+;;. The number of hydrogen-bond donors (Lipinski definition) is 0. The summed E-state index contributed by atoms with van der Waals surface area (Å²) in [7, 11) is 0. The van der Waals surface area contributed by atoms with Crippen molar-refractivity contribution in [2.45, 2.75) is 48.0 Å². The van der Waals surface area contributed by atoms with Gasteiger partial charge in [0.1, 0.15) is 0 Å². The number of rotatable bonds is 5. The molecule has 0 atom stereocenters. The molecule has 0 radical (unpaired) electrons. The smallest absolute Gasteiger partial charge is 0.0348 e. The van der Waals surface area contributed by atoms with E-state index < -0.39 is 0 Å². The molecule has 0 spiro atoms. The van der Waals surface area contributed by atoms with Gasteiger partial charge in [-0.15, -0.1) is 0 Å². The van der Waals surface area contributed by atoms with Crippen LogP contribution in [0.15, 0.2) is 24.8 Å². The molecule has 0 N–H and O–H groups in total. The maximum atomic E-state index is 3.61. The third kappa shape index (κ3) is 16.2. The maximum Gasteiger partial charge on any atom is -0.0348 e. The molecule has 0 aliphatic rings. The zero-order chi connectivity index (χ0) is 7.82. The fourth-order valence-corrected chi connectivity index (χ4v) is 0.836. The van der Waals surface area contributed by atoms with Crippen molar-refractivity contribution < 1.29 is 0 Å². The van der Waals surface area contributed by atoms with E-state index in [0.29, 0.717) is 0 Å². The van der Waals surface area contributed by atoms with Crippen LogP contribution >= 0.6 is 0 Å². The van der Waals surface area contributed by atoms with E-state index in [1.165, 1.54) is 19.3 Å². The van der Waals surface area contributed by atoms with Gasteiger partial charge in [-0.25, -0.2) is 0 Å². The predicted molar refractivity (Wildman–Crippen MR) is 61.5 cm³/mol. The molecule has 0 bridgehead atoms. The SMILES string of the molecule is C.C.C=C/C=C/CCCC(C)C. The van der Waals surface area contributed by atoms with Gasteiger partial charge in [0.15, 0.2) is 0 Å². The fraction of sp³-hybridized carbons (Fsp3) is 0.667. The van der Waals surface area contributed by atoms with Crippen molar-refractivity contribution in [1.82, 2.24) is 0 Å². The van der Waals surface area contributed by atoms with Crippen LogP contribution in [0, 0.1) is 5.92 Å². The Morgan fingerprint density at radius 2 is 1.83 bits per heavy atom. The zero-order valence-corrected chi connectivity index (χ0v) is 7.14. The van der Waals surface area contributed by atoms with Crippen LogP contribution in [0.2, 0.25) is 0 Å². The summed E-state index contributed by atoms with van der Waals surface area (Å²) in [6, 6.07) is 0. The van der Waals surface area contributed by atoms with Gasteiger partial charge in [-0.1, -0.05) is 59.9 Å². The van der Waals surface area contributed by atoms with Crippen LogP contribution in [0.3, 0.4) is 0 Å². The van der Waals surface area contributed by atoms with Gasteiger partial charge in [-0.3, -0.25) is 0 Å². The molecule has 0 fully saturated rings. The molecule has 0 aromatic rings. The van der Waals surface area contributed by atoms with E-state index >= 15 is 0 Å². The van der Waals surface area contributed by atoms with Gasteiger partial charge in [0.05, 0.1) is 0 Å². The van der Waals surface area contributed by atoms with Gasteiger partial charge in [-0.2, -0.15) is 0 Å². The molecule has 0 unspecified atom stereocenters. The van der Waals surface area contributed by atoms with Crippen molar-refractivity contribution in [3.8, 4) is 0 Å². The lowest BCUT2D eigenvalue weighted by molar-refractivity contribution is 0.560. The molecule has 0 aromatic carbocycles. The minimum atomic E-state index is 0. The minimum absolute atomic E-state index is 0. The first-order chi connectivity index (χ1) is 4.77. The maximum absolute atomic E-state index is 3.61. The molecule has 74 valence electrons. The molecular weight excluding hydrogens is 144 g/mol. The second-order valence-corrected chi connectivity index (χ2v) is 2.99. The molecule has 12 heavy (non-hydrogen) atoms. The lowest BCUT2D eigenvalue weighted by Crippen LogP contribution is -1.84. The minimum Gasteiger partial charge on any atom is -0.0991 e. The molecule has 0 aromatic heterocycles. The topological polar surface area (TPSA) is 0 Å². The van der Waals surface area contributed by atoms with E-state index in [-0.39, 0.29) is 14.9 Å². The molecule has 0 saturated carbocycles. The molecule has 0 aliphatic heterocycles. The quantitative estimate of drug-likeness (QED) is 0.409. The van der Waals surface area contributed by atoms with Crippen LogP contribution in [0.1, 0.15) is 48.0 Å². The van der Waals surface area contributed by atoms with Gasteiger partial charge in [-0.05, 0) is 18.8 Å². The molecule has 0 rings (SSSR count). The van der Waals surface area contributed by atoms with Gasteiger partial charge in [0.2, 0.25) is 0 Å². The van der Waals surface area contributed by atoms with E-state index in [0.717, 1.165) is 5.92 Å². The van der Waals surface area contributed by atoms with Crippen LogP contribution in [0.4, 0.5) is 0 Å². The van der Waals surface area contributed by atoms with Crippen molar-refractivity contribution in [1.29, 1.82) is 0 Å². The summed E-state index contributed by atoms with van der Waals surface area (Å²) in [6.45, 7) is 8.13. The predicted octanol–water partition coefficient (Wildman–Crippen LogP) is 4.83. The highest BCUT2D eigenvalue weighted by molar-refractivity contribution is 4.96. The molecule has 0 nitrogen and oxygen atoms in total. The third-order valence-corrected chi connectivity index (χ3v) is 1.42. The lowest BCUT2D eigenvalue weighted by atomic mass is 10.1. The Hall–Kier alpha value is -0.520. The second kappa shape index (κ2) is 13.1. The molecule has 0 saturated heterocycles. The number of unbranched alkanes of at least 4 members (excludes halogenated alkanes) is 1. The molecule has 0 amide bonds. The Labute approximate surface area is 79.4 Å². The Kier molecular flexibility index (Phi) is 19.1. The Balaban J connectivity index is -0.000000405. The van der Waals surface area contributed by atoms with Crippen LogP contribution in [-0.4, -0.2) is 0 Å². The number of hydrogen-bond acceptors (Lipinski definition) is 0. The van der Waals surface area contributed by atoms with Crippen LogP contribution in [-0.2, 0) is 0 Å². The third-order valence-electron chi connectivity index (χ3n) is 1.42. The first kappa shape index (κ1) is 17.5. The Morgan fingerprint density at radius 1 is 1.25 bits per heavy atom. The van der Waals surface area contributed by atoms with E-state index in [1.54, 1.807) is 0 Å². The van der Waals surface area contributed by atoms with E-state index in [4.69, 9.17) is 0 Å². The Bertz CT molecular complexity index is 98.6. The van der Waals surface area contributed by atoms with Crippen LogP contribution in [0.5, 0.6) is 0 Å². The monoisotopic (exact) mass is 170 g/mol. The average molecular weight is 170 g/mol. The first-order valence-electron chi connectivity index (χ1n) is 4.05. The highest BCUT2D eigenvalue weighted by Crippen LogP contribution is 2.06. The highest BCUT2D eigenvalue weighted by Gasteiger charge is 1.90. The summed E-state index contributed by atoms with van der Waals surface area (Å²) in [6.07, 6.45) is 9.86. The number of allylic oxidation sites excluding steroid dienone is 3. The lowest BCUT2D eigenvalue weighted by Gasteiger charge is -1.99. The normalized spacial score (nSPS) is 9.25. The van der Waals surface area contributed by atoms with Crippen LogP contribution < -0.4 is 0 Å². The van der Waals surface area contributed by atoms with Gasteiger partial charge in [0, 0.05) is 0 Å². The van der Waals surface area contributed by atoms with Gasteiger partial charge < -0.3 is 0 Å². The zero-order valence-electron chi connectivity index (χ0n) is 7.14. The summed E-state index contributed by atoms with van der Waals surface area (Å²) < 4.78 is 0. The Morgan fingerprint density at radius 3 is 2.25 bits per heavy atom. The average Bonchev–Trinajstić information content (AvgIpc) is 1.87. The second-order valence-electron chi connectivity index (χ2n) is 2.99. The van der Waals surface area contributed by atoms with Crippen molar-refractivity contribution in [3.05, 3.63) is 24.8 Å². The summed E-state index contributed by atoms with van der Waals surface area (Å²) in [4.78, 5) is 0. The van der Waals surface area contributed by atoms with E-state index in [2.05, 4.69) is 26.5 Å². The molecule has 0 heteroatoms. The van der Waals surface area contributed by atoms with E-state index in [1.807, 2.05) is 12.2 Å². The summed E-state index contributed by atoms with van der Waals surface area (Å²) >= 11 is 0. The van der Waals surface area contributed by atoms with Gasteiger partial charge >= 0.3 is 0 Å². The summed E-state index contributed by atoms with van der Waals surface area (Å²) in [5, 5.41) is 0. The van der Waals surface area contributed by atoms with Crippen molar-refractivity contribution in [3.63, 3.8) is 0 Å². The summed E-state index contributed by atoms with van der Waals surface area (Å²) in [5.41, 5.74) is 0. The van der Waals surface area contributed by atoms with Crippen molar-refractivity contribution >= 4 is 0 Å². The largest absolute Gasteiger partial charge is 0.0991 e. The van der Waals surface area contributed by atoms with Crippen molar-refractivity contribution in [2.24, 2.45) is 5.92 Å². The van der Waals surface area contributed by atoms with E-state index in [9.17, 15) is 0 Å². The first-order valence-corrected chi connectivity index (χ1v) is 4.05. The molecule has 0 heterocycles. The highest BCUT2D eigenvalue weighted by atomic mass is 14.0. The fourth-order valence-electron chi connectivity index (χ4n) is 0.836. The molecular formula is C12H26. The van der Waals surface area contributed by atoms with Gasteiger partial charge in [0.25, 0.3) is 0 Å². The molecule has 0 aliphatic carbocycles. The van der Waals surface area contributed by atoms with Crippen molar-refractivity contribution in [2.75, 3.05) is 0 Å².